The summed E-state index contributed by atoms with van der Waals surface area (Å²) in [6.45, 7) is 3.40. The van der Waals surface area contributed by atoms with E-state index in [0.717, 1.165) is 46.4 Å². The Morgan fingerprint density at radius 1 is 1.12 bits per heavy atom. The van der Waals surface area contributed by atoms with Gasteiger partial charge >= 0.3 is 6.03 Å². The highest BCUT2D eigenvalue weighted by Gasteiger charge is 2.49. The Morgan fingerprint density at radius 3 is 2.69 bits per heavy atom. The molecule has 0 radical (unpaired) electrons. The normalized spacial score (nSPS) is 18.2. The first kappa shape index (κ1) is 21.9. The van der Waals surface area contributed by atoms with Gasteiger partial charge in [0.05, 0.1) is 0 Å². The second kappa shape index (κ2) is 9.04. The molecule has 0 aliphatic carbocycles. The molecule has 3 aromatic rings. The van der Waals surface area contributed by atoms with Crippen LogP contribution in [0.2, 0.25) is 0 Å². The number of nitrogens with one attached hydrogen (secondary N) is 2. The van der Waals surface area contributed by atoms with Crippen LogP contribution in [0.3, 0.4) is 0 Å². The number of urea groups is 1. The van der Waals surface area contributed by atoms with E-state index >= 15 is 0 Å². The van der Waals surface area contributed by atoms with Crippen molar-refractivity contribution in [2.75, 3.05) is 11.9 Å². The molecular formula is C23H25N5O3S. The Bertz CT molecular complexity index is 1180. The highest BCUT2D eigenvalue weighted by Crippen LogP contribution is 2.31. The third-order valence-corrected chi connectivity index (χ3v) is 6.51. The summed E-state index contributed by atoms with van der Waals surface area (Å²) in [5, 5.41) is 16.7. The maximum absolute atomic E-state index is 13.2. The predicted octanol–water partition coefficient (Wildman–Crippen LogP) is 3.83. The van der Waals surface area contributed by atoms with Crippen molar-refractivity contribution >= 4 is 45.1 Å². The molecule has 0 spiro atoms. The van der Waals surface area contributed by atoms with Crippen molar-refractivity contribution in [1.29, 1.82) is 0 Å². The Hall–Kier alpha value is -3.33. The van der Waals surface area contributed by atoms with Crippen LogP contribution in [0.4, 0.5) is 9.93 Å². The molecule has 166 valence electrons. The van der Waals surface area contributed by atoms with Crippen LogP contribution < -0.4 is 10.6 Å². The number of amides is 4. The number of hydrogen-bond donors (Lipinski definition) is 2. The van der Waals surface area contributed by atoms with Crippen LogP contribution in [0, 0.1) is 0 Å². The fraction of sp³-hybridized carbons (Fsp3) is 0.348. The zero-order valence-corrected chi connectivity index (χ0v) is 18.9. The van der Waals surface area contributed by atoms with Crippen LogP contribution in [0.5, 0.6) is 0 Å². The molecular weight excluding hydrogens is 426 g/mol. The van der Waals surface area contributed by atoms with Gasteiger partial charge < -0.3 is 5.32 Å². The van der Waals surface area contributed by atoms with Gasteiger partial charge in [-0.15, -0.1) is 10.2 Å². The third kappa shape index (κ3) is 4.34. The lowest BCUT2D eigenvalue weighted by molar-refractivity contribution is -0.133. The van der Waals surface area contributed by atoms with Crippen LogP contribution in [0.25, 0.3) is 10.8 Å². The van der Waals surface area contributed by atoms with Crippen LogP contribution in [-0.4, -0.2) is 39.5 Å². The van der Waals surface area contributed by atoms with Gasteiger partial charge in [-0.1, -0.05) is 67.5 Å². The van der Waals surface area contributed by atoms with Gasteiger partial charge in [-0.05, 0) is 35.7 Å². The maximum Gasteiger partial charge on any atom is 0.325 e. The fourth-order valence-electron chi connectivity index (χ4n) is 3.77. The Labute approximate surface area is 190 Å². The average Bonchev–Trinajstić information content (AvgIpc) is 3.31. The number of aryl methyl sites for hydroxylation is 1. The Balaban J connectivity index is 1.43. The molecule has 2 aromatic carbocycles. The number of fused-ring (bicyclic) bond motifs is 1. The molecule has 2 heterocycles. The van der Waals surface area contributed by atoms with Crippen molar-refractivity contribution < 1.29 is 14.4 Å². The summed E-state index contributed by atoms with van der Waals surface area (Å²) in [6.07, 6.45) is 4.07. The molecule has 9 heteroatoms. The van der Waals surface area contributed by atoms with Crippen molar-refractivity contribution in [3.05, 3.63) is 53.0 Å². The summed E-state index contributed by atoms with van der Waals surface area (Å²) in [5.74, 6) is -0.960. The van der Waals surface area contributed by atoms with Gasteiger partial charge in [0.15, 0.2) is 0 Å². The van der Waals surface area contributed by atoms with E-state index in [1.165, 1.54) is 11.3 Å². The van der Waals surface area contributed by atoms with Crippen molar-refractivity contribution in [3.63, 3.8) is 0 Å². The van der Waals surface area contributed by atoms with Gasteiger partial charge in [-0.2, -0.15) is 0 Å². The fourth-order valence-corrected chi connectivity index (χ4v) is 4.57. The summed E-state index contributed by atoms with van der Waals surface area (Å²) >= 11 is 1.31. The molecule has 8 nitrogen and oxygen atoms in total. The van der Waals surface area contributed by atoms with E-state index in [2.05, 4.69) is 27.8 Å². The van der Waals surface area contributed by atoms with Crippen LogP contribution in [0.1, 0.15) is 43.7 Å². The number of unbranched alkanes of at least 4 members (excludes halogenated alkanes) is 2. The van der Waals surface area contributed by atoms with Crippen LogP contribution in [0.15, 0.2) is 42.5 Å². The Morgan fingerprint density at radius 2 is 1.91 bits per heavy atom. The number of anilines is 1. The standard InChI is InChI=1S/C23H25N5O3S/c1-3-4-5-10-19-26-27-21(32-19)24-18(29)14-28-20(30)23(2,25-22(28)31)17-12-11-15-8-6-7-9-16(15)13-17/h6-9,11-13H,3-5,10,14H2,1-2H3,(H,25,31)(H,24,27,29). The zero-order chi connectivity index (χ0) is 22.7. The largest absolute Gasteiger partial charge is 0.325 e. The number of imide groups is 1. The van der Waals surface area contributed by atoms with Gasteiger partial charge in [0.1, 0.15) is 17.1 Å². The lowest BCUT2D eigenvalue weighted by Crippen LogP contribution is -2.42. The van der Waals surface area contributed by atoms with Crippen LogP contribution >= 0.6 is 11.3 Å². The minimum Gasteiger partial charge on any atom is -0.319 e. The minimum atomic E-state index is -1.24. The molecule has 1 unspecified atom stereocenters. The summed E-state index contributed by atoms with van der Waals surface area (Å²) in [5.41, 5.74) is -0.574. The second-order valence-electron chi connectivity index (χ2n) is 8.01. The van der Waals surface area contributed by atoms with Gasteiger partial charge in [0.2, 0.25) is 11.0 Å². The van der Waals surface area contributed by atoms with Crippen molar-refractivity contribution in [1.82, 2.24) is 20.4 Å². The average molecular weight is 452 g/mol. The molecule has 1 saturated heterocycles. The highest BCUT2D eigenvalue weighted by atomic mass is 32.1. The molecule has 0 bridgehead atoms. The molecule has 2 N–H and O–H groups in total. The molecule has 1 aliphatic heterocycles. The highest BCUT2D eigenvalue weighted by molar-refractivity contribution is 7.15. The van der Waals surface area contributed by atoms with E-state index < -0.39 is 29.9 Å². The first-order valence-corrected chi connectivity index (χ1v) is 11.5. The topological polar surface area (TPSA) is 104 Å². The quantitative estimate of drug-likeness (QED) is 0.400. The van der Waals surface area contributed by atoms with Crippen molar-refractivity contribution in [3.8, 4) is 0 Å². The third-order valence-electron chi connectivity index (χ3n) is 5.61. The van der Waals surface area contributed by atoms with E-state index in [1.54, 1.807) is 6.92 Å². The van der Waals surface area contributed by atoms with E-state index in [-0.39, 0.29) is 0 Å². The summed E-state index contributed by atoms with van der Waals surface area (Å²) in [7, 11) is 0. The van der Waals surface area contributed by atoms with E-state index in [1.807, 2.05) is 42.5 Å². The number of carbonyl (C=O) groups is 3. The van der Waals surface area contributed by atoms with Crippen molar-refractivity contribution in [2.45, 2.75) is 45.1 Å². The van der Waals surface area contributed by atoms with Gasteiger partial charge in [0, 0.05) is 6.42 Å². The van der Waals surface area contributed by atoms with Crippen LogP contribution in [-0.2, 0) is 21.5 Å². The number of carbonyl (C=O) groups excluding carboxylic acids is 3. The van der Waals surface area contributed by atoms with E-state index in [0.29, 0.717) is 10.7 Å². The first-order chi connectivity index (χ1) is 15.4. The van der Waals surface area contributed by atoms with Gasteiger partial charge in [-0.25, -0.2) is 4.79 Å². The monoisotopic (exact) mass is 451 g/mol. The zero-order valence-electron chi connectivity index (χ0n) is 18.1. The number of aromatic nitrogens is 2. The molecule has 1 aromatic heterocycles. The maximum atomic E-state index is 13.2. The molecule has 1 fully saturated rings. The molecule has 1 atom stereocenters. The smallest absolute Gasteiger partial charge is 0.319 e. The summed E-state index contributed by atoms with van der Waals surface area (Å²) < 4.78 is 0. The van der Waals surface area contributed by atoms with Crippen molar-refractivity contribution in [2.24, 2.45) is 0 Å². The number of rotatable bonds is 8. The SMILES string of the molecule is CCCCCc1nnc(NC(=O)CN2C(=O)NC(C)(c3ccc4ccccc4c3)C2=O)s1. The first-order valence-electron chi connectivity index (χ1n) is 10.7. The minimum absolute atomic E-state index is 0.367. The molecule has 4 rings (SSSR count). The molecule has 32 heavy (non-hydrogen) atoms. The lowest BCUT2D eigenvalue weighted by Gasteiger charge is -2.22. The molecule has 4 amide bonds. The predicted molar refractivity (Wildman–Crippen MR) is 123 cm³/mol. The number of nitrogens with zero attached hydrogens (tertiary/aromatic N) is 3. The molecule has 1 aliphatic rings. The summed E-state index contributed by atoms with van der Waals surface area (Å²) in [6, 6.07) is 12.8. The van der Waals surface area contributed by atoms with Gasteiger partial charge in [0.25, 0.3) is 5.91 Å². The van der Waals surface area contributed by atoms with Gasteiger partial charge in [-0.3, -0.25) is 19.8 Å². The number of benzene rings is 2. The summed E-state index contributed by atoms with van der Waals surface area (Å²) in [4.78, 5) is 39.2. The molecule has 0 saturated carbocycles. The van der Waals surface area contributed by atoms with E-state index in [4.69, 9.17) is 0 Å². The lowest BCUT2D eigenvalue weighted by atomic mass is 9.90. The Kier molecular flexibility index (Phi) is 6.18. The van der Waals surface area contributed by atoms with E-state index in [9.17, 15) is 14.4 Å². The second-order valence-corrected chi connectivity index (χ2v) is 9.08. The number of hydrogen-bond acceptors (Lipinski definition) is 6.